The molecule has 0 amide bonds. The van der Waals surface area contributed by atoms with Crippen LogP contribution < -0.4 is 10.6 Å². The molecule has 0 radical (unpaired) electrons. The van der Waals surface area contributed by atoms with Gasteiger partial charge >= 0.3 is 0 Å². The van der Waals surface area contributed by atoms with Crippen LogP contribution in [-0.2, 0) is 0 Å². The van der Waals surface area contributed by atoms with Crippen LogP contribution in [0.4, 0.5) is 22.0 Å². The van der Waals surface area contributed by atoms with E-state index in [1.807, 2.05) is 0 Å². The molecular weight excluding hydrogens is 395 g/mol. The van der Waals surface area contributed by atoms with Crippen molar-refractivity contribution in [2.24, 2.45) is 5.92 Å². The summed E-state index contributed by atoms with van der Waals surface area (Å²) in [5.74, 6) is 1.12. The summed E-state index contributed by atoms with van der Waals surface area (Å²) >= 11 is 0. The molecule has 1 unspecified atom stereocenters. The summed E-state index contributed by atoms with van der Waals surface area (Å²) in [5, 5.41) is 16.3. The van der Waals surface area contributed by atoms with E-state index in [9.17, 15) is 9.50 Å². The molecule has 2 heterocycles. The number of hydrogen-bond acceptors (Lipinski definition) is 6. The van der Waals surface area contributed by atoms with Crippen molar-refractivity contribution in [2.75, 3.05) is 17.2 Å². The second kappa shape index (κ2) is 8.78. The Bertz CT molecular complexity index is 1050. The quantitative estimate of drug-likeness (QED) is 0.527. The maximum absolute atomic E-state index is 14.3. The predicted molar refractivity (Wildman–Crippen MR) is 119 cm³/mol. The zero-order valence-electron chi connectivity index (χ0n) is 17.6. The zero-order valence-corrected chi connectivity index (χ0v) is 17.6. The maximum Gasteiger partial charge on any atom is 0.224 e. The molecule has 0 saturated heterocycles. The number of aliphatic hydroxyl groups excluding tert-OH is 1. The Morgan fingerprint density at radius 3 is 2.68 bits per heavy atom. The first-order valence-electron chi connectivity index (χ1n) is 11.3. The molecule has 2 fully saturated rings. The number of hydrogen-bond donors (Lipinski definition) is 3. The molecule has 164 valence electrons. The maximum atomic E-state index is 14.3. The van der Waals surface area contributed by atoms with Crippen LogP contribution in [0.2, 0.25) is 0 Å². The molecule has 3 N–H and O–H groups in total. The Hall–Kier alpha value is -2.74. The summed E-state index contributed by atoms with van der Waals surface area (Å²) in [6.07, 6.45) is 10.5. The number of nitrogens with zero attached hydrogens (tertiary/aromatic N) is 4. The van der Waals surface area contributed by atoms with Crippen LogP contribution in [0.15, 0.2) is 30.5 Å². The molecule has 8 heteroatoms. The van der Waals surface area contributed by atoms with Crippen molar-refractivity contribution < 1.29 is 9.50 Å². The van der Waals surface area contributed by atoms with Crippen molar-refractivity contribution in [3.05, 3.63) is 36.3 Å². The Labute approximate surface area is 181 Å². The second-order valence-corrected chi connectivity index (χ2v) is 8.81. The normalized spacial score (nSPS) is 22.1. The van der Waals surface area contributed by atoms with Crippen LogP contribution in [0.3, 0.4) is 0 Å². The van der Waals surface area contributed by atoms with Gasteiger partial charge in [-0.3, -0.25) is 4.57 Å². The molecule has 0 bridgehead atoms. The molecule has 2 saturated carbocycles. The third-order valence-corrected chi connectivity index (χ3v) is 6.63. The van der Waals surface area contributed by atoms with E-state index < -0.39 is 0 Å². The van der Waals surface area contributed by atoms with Gasteiger partial charge in [0.1, 0.15) is 11.3 Å². The first kappa shape index (κ1) is 20.2. The van der Waals surface area contributed by atoms with Gasteiger partial charge in [-0.15, -0.1) is 0 Å². The van der Waals surface area contributed by atoms with Gasteiger partial charge in [-0.2, -0.15) is 4.98 Å². The Kier molecular flexibility index (Phi) is 5.72. The summed E-state index contributed by atoms with van der Waals surface area (Å²) in [5.41, 5.74) is 1.81. The molecule has 1 aromatic carbocycles. The van der Waals surface area contributed by atoms with Gasteiger partial charge in [-0.1, -0.05) is 31.4 Å². The number of nitrogens with one attached hydrogen (secondary N) is 2. The Balaban J connectivity index is 1.52. The summed E-state index contributed by atoms with van der Waals surface area (Å²) in [4.78, 5) is 14.0. The molecule has 2 atom stereocenters. The summed E-state index contributed by atoms with van der Waals surface area (Å²) in [7, 11) is 0. The fraction of sp³-hybridized carbons (Fsp3) is 0.522. The molecule has 2 aliphatic carbocycles. The lowest BCUT2D eigenvalue weighted by Crippen LogP contribution is -2.23. The van der Waals surface area contributed by atoms with Crippen molar-refractivity contribution in [1.29, 1.82) is 0 Å². The van der Waals surface area contributed by atoms with E-state index in [0.29, 0.717) is 29.1 Å². The minimum absolute atomic E-state index is 0.147. The smallest absolute Gasteiger partial charge is 0.224 e. The molecule has 3 aromatic rings. The number of para-hydroxylation sites is 1. The summed E-state index contributed by atoms with van der Waals surface area (Å²) in [6.45, 7) is 0.183. The highest BCUT2D eigenvalue weighted by molar-refractivity contribution is 5.76. The van der Waals surface area contributed by atoms with E-state index in [0.717, 1.165) is 37.8 Å². The average molecular weight is 425 g/mol. The molecule has 0 spiro atoms. The van der Waals surface area contributed by atoms with E-state index >= 15 is 0 Å². The topological polar surface area (TPSA) is 87.9 Å². The number of aromatic nitrogens is 4. The van der Waals surface area contributed by atoms with Gasteiger partial charge in [0.2, 0.25) is 11.9 Å². The van der Waals surface area contributed by atoms with Crippen LogP contribution in [0, 0.1) is 11.7 Å². The molecule has 5 rings (SSSR count). The number of anilines is 3. The minimum atomic E-state index is -0.327. The third kappa shape index (κ3) is 4.21. The largest absolute Gasteiger partial charge is 0.396 e. The van der Waals surface area contributed by atoms with Crippen LogP contribution in [0.1, 0.15) is 57.4 Å². The molecule has 2 aliphatic rings. The molecule has 7 nitrogen and oxygen atoms in total. The van der Waals surface area contributed by atoms with E-state index in [2.05, 4.69) is 20.2 Å². The Morgan fingerprint density at radius 1 is 1.06 bits per heavy atom. The SMILES string of the molecule is OC[C@H]1CCC(n2c(Nc3ccccc3F)nc3cnc(NC4CCCCC4)nc32)C1. The van der Waals surface area contributed by atoms with Crippen LogP contribution >= 0.6 is 0 Å². The highest BCUT2D eigenvalue weighted by Crippen LogP contribution is 2.39. The first-order valence-corrected chi connectivity index (χ1v) is 11.3. The number of halogens is 1. The van der Waals surface area contributed by atoms with Crippen LogP contribution in [0.25, 0.3) is 11.2 Å². The van der Waals surface area contributed by atoms with E-state index in [1.165, 1.54) is 25.3 Å². The highest BCUT2D eigenvalue weighted by atomic mass is 19.1. The van der Waals surface area contributed by atoms with E-state index in [1.54, 1.807) is 24.4 Å². The fourth-order valence-electron chi connectivity index (χ4n) is 4.96. The fourth-order valence-corrected chi connectivity index (χ4v) is 4.96. The van der Waals surface area contributed by atoms with Gasteiger partial charge in [0.05, 0.1) is 11.9 Å². The minimum Gasteiger partial charge on any atom is -0.396 e. The van der Waals surface area contributed by atoms with E-state index in [-0.39, 0.29) is 24.4 Å². The highest BCUT2D eigenvalue weighted by Gasteiger charge is 2.30. The van der Waals surface area contributed by atoms with Gasteiger partial charge in [-0.25, -0.2) is 14.4 Å². The molecule has 0 aliphatic heterocycles. The van der Waals surface area contributed by atoms with Gasteiger partial charge < -0.3 is 15.7 Å². The lowest BCUT2D eigenvalue weighted by atomic mass is 9.96. The third-order valence-electron chi connectivity index (χ3n) is 6.63. The molecular formula is C23H29FN6O. The van der Waals surface area contributed by atoms with E-state index in [4.69, 9.17) is 9.97 Å². The Morgan fingerprint density at radius 2 is 1.90 bits per heavy atom. The molecule has 2 aromatic heterocycles. The average Bonchev–Trinajstić information content (AvgIpc) is 3.40. The second-order valence-electron chi connectivity index (χ2n) is 8.81. The number of imidazole rings is 1. The van der Waals surface area contributed by atoms with Crippen molar-refractivity contribution in [2.45, 2.75) is 63.5 Å². The van der Waals surface area contributed by atoms with Gasteiger partial charge in [-0.05, 0) is 50.2 Å². The van der Waals surface area contributed by atoms with Crippen LogP contribution in [0.5, 0.6) is 0 Å². The number of rotatable bonds is 6. The van der Waals surface area contributed by atoms with Crippen LogP contribution in [-0.4, -0.2) is 37.3 Å². The van der Waals surface area contributed by atoms with Gasteiger partial charge in [0.25, 0.3) is 0 Å². The monoisotopic (exact) mass is 424 g/mol. The standard InChI is InChI=1S/C23H29FN6O/c24-18-8-4-5-9-19(18)27-23-28-20-13-25-22(26-16-6-2-1-3-7-16)29-21(20)30(23)17-11-10-15(12-17)14-31/h4-5,8-9,13,15-17,31H,1-3,6-7,10-12,14H2,(H,27,28)(H,25,26,29)/t15-,17?/m0/s1. The predicted octanol–water partition coefficient (Wildman–Crippen LogP) is 4.79. The lowest BCUT2D eigenvalue weighted by Gasteiger charge is -2.22. The molecule has 31 heavy (non-hydrogen) atoms. The van der Waals surface area contributed by atoms with Gasteiger partial charge in [0, 0.05) is 18.7 Å². The van der Waals surface area contributed by atoms with Crippen molar-refractivity contribution >= 4 is 28.7 Å². The number of aliphatic hydroxyl groups is 1. The van der Waals surface area contributed by atoms with Gasteiger partial charge in [0.15, 0.2) is 5.65 Å². The van der Waals surface area contributed by atoms with Crippen molar-refractivity contribution in [1.82, 2.24) is 19.5 Å². The first-order chi connectivity index (χ1) is 15.2. The summed E-state index contributed by atoms with van der Waals surface area (Å²) < 4.78 is 16.4. The lowest BCUT2D eigenvalue weighted by molar-refractivity contribution is 0.226. The van der Waals surface area contributed by atoms with Crippen molar-refractivity contribution in [3.8, 4) is 0 Å². The summed E-state index contributed by atoms with van der Waals surface area (Å²) in [6, 6.07) is 7.14. The zero-order chi connectivity index (χ0) is 21.2. The van der Waals surface area contributed by atoms with Crippen molar-refractivity contribution in [3.63, 3.8) is 0 Å². The number of benzene rings is 1. The number of fused-ring (bicyclic) bond motifs is 1.